The van der Waals surface area contributed by atoms with Crippen LogP contribution in [0.3, 0.4) is 0 Å². The van der Waals surface area contributed by atoms with Gasteiger partial charge in [0, 0.05) is 39.3 Å². The average molecular weight is 497 g/mol. The maximum Gasteiger partial charge on any atom is 0.311 e. The van der Waals surface area contributed by atoms with Crippen molar-refractivity contribution < 1.29 is 57.3 Å². The second-order valence-electron chi connectivity index (χ2n) is 7.29. The molecule has 0 bridgehead atoms. The van der Waals surface area contributed by atoms with Crippen molar-refractivity contribution in [2.45, 2.75) is 58.4 Å². The lowest BCUT2D eigenvalue weighted by Gasteiger charge is -2.43. The summed E-state index contributed by atoms with van der Waals surface area (Å²) in [6, 6.07) is 3.26. The van der Waals surface area contributed by atoms with E-state index < -0.39 is 77.6 Å². The van der Waals surface area contributed by atoms with E-state index in [-0.39, 0.29) is 5.56 Å². The minimum Gasteiger partial charge on any atom is -0.463 e. The monoisotopic (exact) mass is 497 g/mol. The lowest BCUT2D eigenvalue weighted by Crippen LogP contribution is -2.63. The van der Waals surface area contributed by atoms with Gasteiger partial charge in [-0.25, -0.2) is 0 Å². The van der Waals surface area contributed by atoms with Gasteiger partial charge in [-0.1, -0.05) is 0 Å². The van der Waals surface area contributed by atoms with Gasteiger partial charge in [-0.05, 0) is 12.1 Å². The number of carbonyl (C=O) groups excluding carboxylic acids is 5. The van der Waals surface area contributed by atoms with Crippen LogP contribution in [-0.2, 0) is 42.9 Å². The normalized spacial score (nSPS) is 23.4. The summed E-state index contributed by atoms with van der Waals surface area (Å²) in [5, 5.41) is 11.5. The van der Waals surface area contributed by atoms with E-state index in [2.05, 4.69) is 0 Å². The summed E-state index contributed by atoms with van der Waals surface area (Å²) in [4.78, 5) is 68.7. The predicted octanol–water partition coefficient (Wildman–Crippen LogP) is 0.869. The molecule has 1 aromatic carbocycles. The Morgan fingerprint density at radius 2 is 1.51 bits per heavy atom. The largest absolute Gasteiger partial charge is 0.463 e. The molecular formula is C21H23NO13. The third-order valence-electron chi connectivity index (χ3n) is 4.51. The van der Waals surface area contributed by atoms with E-state index in [0.717, 1.165) is 39.8 Å². The Morgan fingerprint density at radius 3 is 2.03 bits per heavy atom. The first-order valence-electron chi connectivity index (χ1n) is 10.1. The molecule has 0 radical (unpaired) electrons. The van der Waals surface area contributed by atoms with Gasteiger partial charge in [0.2, 0.25) is 18.1 Å². The molecule has 14 heteroatoms. The number of nitro benzene ring substituents is 1. The van der Waals surface area contributed by atoms with Gasteiger partial charge in [-0.3, -0.25) is 34.1 Å². The molecule has 1 aromatic rings. The van der Waals surface area contributed by atoms with E-state index in [1.165, 1.54) is 6.07 Å². The minimum absolute atomic E-state index is 0.0243. The number of carbonyl (C=O) groups is 5. The third-order valence-corrected chi connectivity index (χ3v) is 4.51. The van der Waals surface area contributed by atoms with Crippen LogP contribution in [0.2, 0.25) is 0 Å². The molecule has 1 fully saturated rings. The molecule has 0 unspecified atom stereocenters. The first-order chi connectivity index (χ1) is 16.4. The van der Waals surface area contributed by atoms with Crippen molar-refractivity contribution in [3.63, 3.8) is 0 Å². The molecule has 190 valence electrons. The van der Waals surface area contributed by atoms with Gasteiger partial charge in [0.25, 0.3) is 0 Å². The maximum absolute atomic E-state index is 11.8. The fourth-order valence-corrected chi connectivity index (χ4v) is 3.26. The lowest BCUT2D eigenvalue weighted by atomic mass is 9.98. The van der Waals surface area contributed by atoms with Gasteiger partial charge in [0.15, 0.2) is 12.2 Å². The topological polar surface area (TPSA) is 184 Å². The highest BCUT2D eigenvalue weighted by molar-refractivity contribution is 5.77. The summed E-state index contributed by atoms with van der Waals surface area (Å²) >= 11 is 0. The first-order valence-corrected chi connectivity index (χ1v) is 10.1. The Kier molecular flexibility index (Phi) is 9.22. The Hall–Kier alpha value is -4.07. The number of ether oxygens (including phenoxy) is 6. The quantitative estimate of drug-likeness (QED) is 0.154. The van der Waals surface area contributed by atoms with Crippen LogP contribution in [0.25, 0.3) is 0 Å². The van der Waals surface area contributed by atoms with Gasteiger partial charge in [0.05, 0.1) is 4.92 Å². The number of benzene rings is 1. The molecule has 1 aliphatic rings. The molecule has 0 aliphatic carbocycles. The molecule has 1 heterocycles. The van der Waals surface area contributed by atoms with Crippen molar-refractivity contribution in [2.24, 2.45) is 0 Å². The number of rotatable bonds is 9. The van der Waals surface area contributed by atoms with Crippen LogP contribution in [0.15, 0.2) is 18.2 Å². The third kappa shape index (κ3) is 7.46. The van der Waals surface area contributed by atoms with Crippen molar-refractivity contribution in [3.05, 3.63) is 33.9 Å². The number of esters is 4. The van der Waals surface area contributed by atoms with Crippen LogP contribution in [0.1, 0.15) is 38.1 Å². The Bertz CT molecular complexity index is 1010. The van der Waals surface area contributed by atoms with Crippen molar-refractivity contribution in [2.75, 3.05) is 6.61 Å². The second-order valence-corrected chi connectivity index (χ2v) is 7.29. The van der Waals surface area contributed by atoms with E-state index in [9.17, 15) is 34.1 Å². The standard InChI is InChI=1S/C21H23NO13/c1-10(24)30-9-17-18(31-11(2)25)19(32-12(3)26)20(33-13(4)27)21(35-17)34-16-7-14(8-23)5-6-15(16)22(28)29/h5-8,17-21H,9H2,1-4H3/t17-,18+,19+,20-,21-/m1/s1. The highest BCUT2D eigenvalue weighted by Gasteiger charge is 2.53. The van der Waals surface area contributed by atoms with Gasteiger partial charge in [-0.2, -0.15) is 0 Å². The van der Waals surface area contributed by atoms with Gasteiger partial charge >= 0.3 is 29.6 Å². The minimum atomic E-state index is -1.68. The maximum atomic E-state index is 11.8. The second kappa shape index (κ2) is 11.9. The average Bonchev–Trinajstić information content (AvgIpc) is 2.75. The van der Waals surface area contributed by atoms with Gasteiger partial charge in [-0.15, -0.1) is 0 Å². The lowest BCUT2D eigenvalue weighted by molar-refractivity contribution is -0.387. The molecule has 5 atom stereocenters. The van der Waals surface area contributed by atoms with E-state index in [4.69, 9.17) is 28.4 Å². The SMILES string of the molecule is CC(=O)OC[C@H]1O[C@@H](Oc2cc(C=O)ccc2[N+](=O)[O-])[C@H](OC(C)=O)[C@@H](OC(C)=O)[C@H]1OC(C)=O. The van der Waals surface area contributed by atoms with Crippen LogP contribution >= 0.6 is 0 Å². The zero-order chi connectivity index (χ0) is 26.3. The Morgan fingerprint density at radius 1 is 0.943 bits per heavy atom. The number of aldehydes is 1. The summed E-state index contributed by atoms with van der Waals surface area (Å²) < 4.78 is 32.0. The molecule has 1 saturated heterocycles. The molecule has 14 nitrogen and oxygen atoms in total. The fourth-order valence-electron chi connectivity index (χ4n) is 3.26. The molecule has 0 amide bonds. The Balaban J connectivity index is 2.58. The molecular weight excluding hydrogens is 474 g/mol. The van der Waals surface area contributed by atoms with Crippen LogP contribution in [-0.4, -0.2) is 72.4 Å². The van der Waals surface area contributed by atoms with E-state index in [1.54, 1.807) is 0 Å². The van der Waals surface area contributed by atoms with Gasteiger partial charge < -0.3 is 28.4 Å². The molecule has 0 saturated carbocycles. The summed E-state index contributed by atoms with van der Waals surface area (Å²) in [7, 11) is 0. The Labute approximate surface area is 198 Å². The summed E-state index contributed by atoms with van der Waals surface area (Å²) in [6.45, 7) is 3.74. The number of nitro groups is 1. The smallest absolute Gasteiger partial charge is 0.311 e. The number of nitrogens with zero attached hydrogens (tertiary/aromatic N) is 1. The van der Waals surface area contributed by atoms with E-state index >= 15 is 0 Å². The molecule has 0 aromatic heterocycles. The first kappa shape index (κ1) is 27.2. The van der Waals surface area contributed by atoms with Crippen molar-refractivity contribution >= 4 is 35.9 Å². The number of hydrogen-bond donors (Lipinski definition) is 0. The van der Waals surface area contributed by atoms with Crippen molar-refractivity contribution in [1.29, 1.82) is 0 Å². The van der Waals surface area contributed by atoms with E-state index in [1.807, 2.05) is 0 Å². The van der Waals surface area contributed by atoms with Crippen LogP contribution in [0.4, 0.5) is 5.69 Å². The van der Waals surface area contributed by atoms with Crippen LogP contribution < -0.4 is 4.74 Å². The van der Waals surface area contributed by atoms with Crippen LogP contribution in [0, 0.1) is 10.1 Å². The molecule has 0 N–H and O–H groups in total. The highest BCUT2D eigenvalue weighted by Crippen LogP contribution is 2.34. The summed E-state index contributed by atoms with van der Waals surface area (Å²) in [6.07, 6.45) is -7.10. The molecule has 35 heavy (non-hydrogen) atoms. The predicted molar refractivity (Wildman–Crippen MR) is 111 cm³/mol. The fraction of sp³-hybridized carbons (Fsp3) is 0.476. The highest BCUT2D eigenvalue weighted by atomic mass is 16.7. The molecule has 2 rings (SSSR count). The molecule has 0 spiro atoms. The number of hydrogen-bond acceptors (Lipinski definition) is 13. The summed E-state index contributed by atoms with van der Waals surface area (Å²) in [5.41, 5.74) is -0.528. The molecule has 1 aliphatic heterocycles. The van der Waals surface area contributed by atoms with Gasteiger partial charge in [0.1, 0.15) is 19.0 Å². The zero-order valence-corrected chi connectivity index (χ0v) is 19.2. The van der Waals surface area contributed by atoms with Crippen molar-refractivity contribution in [1.82, 2.24) is 0 Å². The van der Waals surface area contributed by atoms with Crippen molar-refractivity contribution in [3.8, 4) is 5.75 Å². The van der Waals surface area contributed by atoms with Crippen LogP contribution in [0.5, 0.6) is 5.75 Å². The zero-order valence-electron chi connectivity index (χ0n) is 19.2. The summed E-state index contributed by atoms with van der Waals surface area (Å²) in [5.74, 6) is -3.70. The van der Waals surface area contributed by atoms with E-state index in [0.29, 0.717) is 6.29 Å².